The molecule has 0 aromatic rings. The fourth-order valence-corrected chi connectivity index (χ4v) is 4.23. The average molecular weight is 248 g/mol. The van der Waals surface area contributed by atoms with E-state index in [2.05, 4.69) is 5.32 Å². The first-order chi connectivity index (χ1) is 7.53. The molecule has 0 aliphatic carbocycles. The van der Waals surface area contributed by atoms with Gasteiger partial charge >= 0.3 is 6.03 Å². The van der Waals surface area contributed by atoms with Gasteiger partial charge in [0.25, 0.3) is 0 Å². The quantitative estimate of drug-likeness (QED) is 0.523. The molecule has 2 aliphatic rings. The Morgan fingerprint density at radius 1 is 1.50 bits per heavy atom. The summed E-state index contributed by atoms with van der Waals surface area (Å²) in [5.74, 6) is 0.160. The summed E-state index contributed by atoms with van der Waals surface area (Å²) >= 11 is 0. The van der Waals surface area contributed by atoms with Gasteiger partial charge in [0.2, 0.25) is 0 Å². The number of sulfone groups is 1. The van der Waals surface area contributed by atoms with Crippen molar-refractivity contribution in [2.24, 2.45) is 0 Å². The van der Waals surface area contributed by atoms with Crippen molar-refractivity contribution in [2.45, 2.75) is 18.5 Å². The second kappa shape index (κ2) is 4.21. The number of carbonyl (C=O) groups is 1. The molecule has 7 heteroatoms. The summed E-state index contributed by atoms with van der Waals surface area (Å²) in [7, 11) is -1.38. The van der Waals surface area contributed by atoms with Crippen LogP contribution >= 0.6 is 0 Å². The second-order valence-electron chi connectivity index (χ2n) is 4.24. The Hall–Kier alpha value is -0.820. The lowest BCUT2D eigenvalue weighted by molar-refractivity contribution is 0.169. The van der Waals surface area contributed by atoms with Crippen LogP contribution in [0.2, 0.25) is 0 Å². The van der Waals surface area contributed by atoms with Crippen LogP contribution in [0.1, 0.15) is 6.42 Å². The van der Waals surface area contributed by atoms with Gasteiger partial charge in [-0.15, -0.1) is 0 Å². The van der Waals surface area contributed by atoms with Gasteiger partial charge in [-0.3, -0.25) is 0 Å². The number of amides is 2. The predicted octanol–water partition coefficient (Wildman–Crippen LogP) is -0.786. The van der Waals surface area contributed by atoms with E-state index in [0.717, 1.165) is 6.42 Å². The summed E-state index contributed by atoms with van der Waals surface area (Å²) in [5.41, 5.74) is 0. The Labute approximate surface area is 94.9 Å². The molecular weight excluding hydrogens is 232 g/mol. The molecular formula is C9H16N2O4S. The zero-order valence-corrected chi connectivity index (χ0v) is 10.00. The fourth-order valence-electron chi connectivity index (χ4n) is 2.31. The molecule has 2 atom stereocenters. The predicted molar refractivity (Wildman–Crippen MR) is 58.0 cm³/mol. The molecule has 0 aromatic carbocycles. The molecule has 16 heavy (non-hydrogen) atoms. The van der Waals surface area contributed by atoms with E-state index in [9.17, 15) is 13.2 Å². The van der Waals surface area contributed by atoms with E-state index in [0.29, 0.717) is 13.2 Å². The van der Waals surface area contributed by atoms with Crippen molar-refractivity contribution in [2.75, 3.05) is 31.8 Å². The highest BCUT2D eigenvalue weighted by Crippen LogP contribution is 2.24. The van der Waals surface area contributed by atoms with Crippen molar-refractivity contribution in [1.29, 1.82) is 0 Å². The second-order valence-corrected chi connectivity index (χ2v) is 6.39. The maximum atomic E-state index is 11.6. The normalized spacial score (nSPS) is 31.6. The van der Waals surface area contributed by atoms with Gasteiger partial charge in [0.05, 0.1) is 23.6 Å². The summed E-state index contributed by atoms with van der Waals surface area (Å²) in [6.45, 7) is 1.13. The number of methoxy groups -OCH3 is 1. The standard InChI is InChI=1S/C9H16N2O4S/c1-15-4-2-3-11-8-6-16(13,14)5-7(8)10-9(11)12/h7-8H,2-6H2,1H3,(H,10,12)/t7-,8+/m0/s1. The molecule has 2 rings (SSSR count). The van der Waals surface area contributed by atoms with Gasteiger partial charge in [-0.05, 0) is 6.42 Å². The molecule has 92 valence electrons. The van der Waals surface area contributed by atoms with Crippen LogP contribution in [0.4, 0.5) is 4.79 Å². The Morgan fingerprint density at radius 2 is 2.25 bits per heavy atom. The molecule has 2 amide bonds. The van der Waals surface area contributed by atoms with Crippen molar-refractivity contribution in [3.8, 4) is 0 Å². The number of rotatable bonds is 4. The number of hydrogen-bond acceptors (Lipinski definition) is 4. The molecule has 6 nitrogen and oxygen atoms in total. The average Bonchev–Trinajstić information content (AvgIpc) is 2.60. The molecule has 2 saturated heterocycles. The highest BCUT2D eigenvalue weighted by atomic mass is 32.2. The molecule has 0 unspecified atom stereocenters. The Morgan fingerprint density at radius 3 is 2.94 bits per heavy atom. The number of nitrogens with zero attached hydrogens (tertiary/aromatic N) is 1. The Balaban J connectivity index is 1.99. The Kier molecular flexibility index (Phi) is 3.07. The summed E-state index contributed by atoms with van der Waals surface area (Å²) in [4.78, 5) is 13.2. The highest BCUT2D eigenvalue weighted by molar-refractivity contribution is 7.91. The van der Waals surface area contributed by atoms with Gasteiger partial charge in [-0.2, -0.15) is 0 Å². The molecule has 2 aliphatic heterocycles. The van der Waals surface area contributed by atoms with E-state index in [4.69, 9.17) is 4.74 Å². The summed E-state index contributed by atoms with van der Waals surface area (Å²) in [5, 5.41) is 2.72. The third kappa shape index (κ3) is 2.15. The third-order valence-electron chi connectivity index (χ3n) is 3.04. The Bertz CT molecular complexity index is 381. The maximum Gasteiger partial charge on any atom is 0.318 e. The highest BCUT2D eigenvalue weighted by Gasteiger charge is 2.48. The summed E-state index contributed by atoms with van der Waals surface area (Å²) < 4.78 is 27.8. The maximum absolute atomic E-state index is 11.6. The molecule has 2 heterocycles. The van der Waals surface area contributed by atoms with Gasteiger partial charge in [0.1, 0.15) is 0 Å². The van der Waals surface area contributed by atoms with Gasteiger partial charge in [0, 0.05) is 20.3 Å². The van der Waals surface area contributed by atoms with Crippen LogP contribution in [0.25, 0.3) is 0 Å². The zero-order chi connectivity index (χ0) is 11.8. The minimum atomic E-state index is -2.98. The molecule has 0 saturated carbocycles. The van der Waals surface area contributed by atoms with Crippen molar-refractivity contribution >= 4 is 15.9 Å². The minimum absolute atomic E-state index is 0.0736. The van der Waals surface area contributed by atoms with E-state index in [1.54, 1.807) is 12.0 Å². The van der Waals surface area contributed by atoms with Crippen molar-refractivity contribution in [3.05, 3.63) is 0 Å². The monoisotopic (exact) mass is 248 g/mol. The van der Waals surface area contributed by atoms with Crippen LogP contribution in [0, 0.1) is 0 Å². The van der Waals surface area contributed by atoms with Crippen LogP contribution in [0.5, 0.6) is 0 Å². The number of ether oxygens (including phenoxy) is 1. The topological polar surface area (TPSA) is 75.7 Å². The zero-order valence-electron chi connectivity index (χ0n) is 9.18. The molecule has 0 aromatic heterocycles. The number of nitrogens with one attached hydrogen (secondary N) is 1. The van der Waals surface area contributed by atoms with Crippen LogP contribution in [0.15, 0.2) is 0 Å². The van der Waals surface area contributed by atoms with E-state index in [1.807, 2.05) is 0 Å². The van der Waals surface area contributed by atoms with Crippen molar-refractivity contribution < 1.29 is 17.9 Å². The largest absolute Gasteiger partial charge is 0.385 e. The molecule has 0 spiro atoms. The van der Waals surface area contributed by atoms with Crippen LogP contribution in [-0.4, -0.2) is 63.2 Å². The minimum Gasteiger partial charge on any atom is -0.385 e. The molecule has 2 fully saturated rings. The number of fused-ring (bicyclic) bond motifs is 1. The van der Waals surface area contributed by atoms with Crippen molar-refractivity contribution in [1.82, 2.24) is 10.2 Å². The number of carbonyl (C=O) groups excluding carboxylic acids is 1. The lowest BCUT2D eigenvalue weighted by atomic mass is 10.2. The first kappa shape index (κ1) is 11.7. The van der Waals surface area contributed by atoms with Gasteiger partial charge in [0.15, 0.2) is 9.84 Å². The number of hydrogen-bond donors (Lipinski definition) is 1. The van der Waals surface area contributed by atoms with E-state index in [1.165, 1.54) is 0 Å². The van der Waals surface area contributed by atoms with Crippen LogP contribution in [-0.2, 0) is 14.6 Å². The van der Waals surface area contributed by atoms with E-state index in [-0.39, 0.29) is 29.6 Å². The van der Waals surface area contributed by atoms with Crippen LogP contribution in [0.3, 0.4) is 0 Å². The summed E-state index contributed by atoms with van der Waals surface area (Å²) in [6.07, 6.45) is 0.729. The van der Waals surface area contributed by atoms with E-state index >= 15 is 0 Å². The molecule has 1 N–H and O–H groups in total. The van der Waals surface area contributed by atoms with Crippen LogP contribution < -0.4 is 5.32 Å². The SMILES string of the molecule is COCCCN1C(=O)N[C@H]2CS(=O)(=O)C[C@H]21. The van der Waals surface area contributed by atoms with Gasteiger partial charge in [-0.25, -0.2) is 13.2 Å². The lowest BCUT2D eigenvalue weighted by Crippen LogP contribution is -2.37. The molecule has 0 bridgehead atoms. The van der Waals surface area contributed by atoms with Gasteiger partial charge < -0.3 is 15.0 Å². The lowest BCUT2D eigenvalue weighted by Gasteiger charge is -2.20. The van der Waals surface area contributed by atoms with E-state index < -0.39 is 9.84 Å². The van der Waals surface area contributed by atoms with Crippen molar-refractivity contribution in [3.63, 3.8) is 0 Å². The first-order valence-corrected chi connectivity index (χ1v) is 7.12. The first-order valence-electron chi connectivity index (χ1n) is 5.30. The summed E-state index contributed by atoms with van der Waals surface area (Å²) in [6, 6.07) is -0.560. The smallest absolute Gasteiger partial charge is 0.318 e. The van der Waals surface area contributed by atoms with Gasteiger partial charge in [-0.1, -0.05) is 0 Å². The third-order valence-corrected chi connectivity index (χ3v) is 4.76. The molecule has 0 radical (unpaired) electrons. The number of urea groups is 1. The fraction of sp³-hybridized carbons (Fsp3) is 0.889.